The number of carbonyl (C=O) groups excluding carboxylic acids is 2. The zero-order chi connectivity index (χ0) is 16.7. The Balaban J connectivity index is 1.89. The molecule has 0 radical (unpaired) electrons. The van der Waals surface area contributed by atoms with E-state index in [2.05, 4.69) is 34.7 Å². The summed E-state index contributed by atoms with van der Waals surface area (Å²) in [7, 11) is 0. The van der Waals surface area contributed by atoms with E-state index in [-0.39, 0.29) is 11.8 Å². The summed E-state index contributed by atoms with van der Waals surface area (Å²) in [6, 6.07) is 11.5. The molecular weight excluding hydrogens is 290 g/mol. The molecule has 0 aliphatic rings. The second-order valence-corrected chi connectivity index (χ2v) is 5.38. The lowest BCUT2D eigenvalue weighted by Crippen LogP contribution is -2.26. The molecule has 0 saturated carbocycles. The van der Waals surface area contributed by atoms with Gasteiger partial charge in [0.15, 0.2) is 0 Å². The van der Waals surface area contributed by atoms with Crippen LogP contribution >= 0.6 is 0 Å². The summed E-state index contributed by atoms with van der Waals surface area (Å²) in [4.78, 5) is 27.2. The van der Waals surface area contributed by atoms with E-state index in [1.807, 2.05) is 12.1 Å². The number of rotatable bonds is 6. The van der Waals surface area contributed by atoms with Crippen molar-refractivity contribution in [1.82, 2.24) is 15.6 Å². The molecule has 0 atom stereocenters. The van der Waals surface area contributed by atoms with Crippen molar-refractivity contribution in [3.63, 3.8) is 0 Å². The maximum absolute atomic E-state index is 12.2. The molecule has 120 valence electrons. The quantitative estimate of drug-likeness (QED) is 0.857. The molecule has 2 N–H and O–H groups in total. The minimum absolute atomic E-state index is 0.125. The third-order valence-corrected chi connectivity index (χ3v) is 3.54. The molecule has 23 heavy (non-hydrogen) atoms. The van der Waals surface area contributed by atoms with Gasteiger partial charge in [-0.25, -0.2) is 0 Å². The van der Waals surface area contributed by atoms with Gasteiger partial charge in [-0.2, -0.15) is 0 Å². The largest absolute Gasteiger partial charge is 0.352 e. The fourth-order valence-electron chi connectivity index (χ4n) is 2.23. The highest BCUT2D eigenvalue weighted by Gasteiger charge is 2.07. The zero-order valence-corrected chi connectivity index (χ0v) is 13.4. The van der Waals surface area contributed by atoms with Gasteiger partial charge in [-0.3, -0.25) is 14.6 Å². The van der Waals surface area contributed by atoms with Crippen LogP contribution < -0.4 is 10.6 Å². The predicted octanol–water partition coefficient (Wildman–Crippen LogP) is 2.00. The van der Waals surface area contributed by atoms with E-state index in [0.29, 0.717) is 24.3 Å². The van der Waals surface area contributed by atoms with Crippen molar-refractivity contribution in [3.05, 3.63) is 65.0 Å². The Kier molecular flexibility index (Phi) is 5.86. The van der Waals surface area contributed by atoms with E-state index in [0.717, 1.165) is 6.42 Å². The first kappa shape index (κ1) is 16.7. The van der Waals surface area contributed by atoms with Gasteiger partial charge in [-0.05, 0) is 36.6 Å². The number of amides is 2. The molecule has 0 saturated heterocycles. The molecule has 0 aliphatic carbocycles. The molecule has 0 unspecified atom stereocenters. The Hall–Kier alpha value is -2.69. The highest BCUT2D eigenvalue weighted by molar-refractivity contribution is 5.94. The third kappa shape index (κ3) is 5.21. The SMILES string of the molecule is CC(=O)NCc1cc(C(=O)NCCc2ccccc2C)ccn1. The molecule has 0 spiro atoms. The van der Waals surface area contributed by atoms with Gasteiger partial charge in [0.05, 0.1) is 12.2 Å². The maximum atomic E-state index is 12.2. The molecule has 2 rings (SSSR count). The summed E-state index contributed by atoms with van der Waals surface area (Å²) in [5.74, 6) is -0.259. The standard InChI is InChI=1S/C18H21N3O2/c1-13-5-3-4-6-15(13)7-10-20-18(23)16-8-9-19-17(11-16)12-21-14(2)22/h3-6,8-9,11H,7,10,12H2,1-2H3,(H,20,23)(H,21,22). The van der Waals surface area contributed by atoms with Gasteiger partial charge >= 0.3 is 0 Å². The fourth-order valence-corrected chi connectivity index (χ4v) is 2.23. The Morgan fingerprint density at radius 1 is 1.13 bits per heavy atom. The number of nitrogens with one attached hydrogen (secondary N) is 2. The summed E-state index contributed by atoms with van der Waals surface area (Å²) in [6.07, 6.45) is 2.37. The average molecular weight is 311 g/mol. The van der Waals surface area contributed by atoms with E-state index in [9.17, 15) is 9.59 Å². The summed E-state index contributed by atoms with van der Waals surface area (Å²) >= 11 is 0. The van der Waals surface area contributed by atoms with Gasteiger partial charge in [-0.15, -0.1) is 0 Å². The molecule has 1 aromatic carbocycles. The van der Waals surface area contributed by atoms with Crippen molar-refractivity contribution in [2.75, 3.05) is 6.54 Å². The first-order valence-corrected chi connectivity index (χ1v) is 7.58. The smallest absolute Gasteiger partial charge is 0.251 e. The number of hydrogen-bond donors (Lipinski definition) is 2. The molecule has 0 fully saturated rings. The van der Waals surface area contributed by atoms with Crippen molar-refractivity contribution in [2.45, 2.75) is 26.8 Å². The van der Waals surface area contributed by atoms with Gasteiger partial charge in [-0.1, -0.05) is 24.3 Å². The van der Waals surface area contributed by atoms with Crippen LogP contribution in [0.4, 0.5) is 0 Å². The summed E-state index contributed by atoms with van der Waals surface area (Å²) in [5, 5.41) is 5.58. The second kappa shape index (κ2) is 8.08. The van der Waals surface area contributed by atoms with Crippen LogP contribution in [0.5, 0.6) is 0 Å². The Morgan fingerprint density at radius 2 is 1.91 bits per heavy atom. The Morgan fingerprint density at radius 3 is 2.65 bits per heavy atom. The molecule has 0 bridgehead atoms. The maximum Gasteiger partial charge on any atom is 0.251 e. The minimum atomic E-state index is -0.134. The van der Waals surface area contributed by atoms with Crippen molar-refractivity contribution >= 4 is 11.8 Å². The number of hydrogen-bond acceptors (Lipinski definition) is 3. The zero-order valence-electron chi connectivity index (χ0n) is 13.4. The van der Waals surface area contributed by atoms with Crippen LogP contribution in [0.2, 0.25) is 0 Å². The monoisotopic (exact) mass is 311 g/mol. The Bertz CT molecular complexity index is 698. The lowest BCUT2D eigenvalue weighted by atomic mass is 10.1. The van der Waals surface area contributed by atoms with Gasteiger partial charge in [0.25, 0.3) is 5.91 Å². The van der Waals surface area contributed by atoms with Crippen LogP contribution in [0.1, 0.15) is 34.1 Å². The lowest BCUT2D eigenvalue weighted by Gasteiger charge is -2.08. The summed E-state index contributed by atoms with van der Waals surface area (Å²) in [6.45, 7) is 4.41. The highest BCUT2D eigenvalue weighted by atomic mass is 16.2. The van der Waals surface area contributed by atoms with Crippen LogP contribution in [0, 0.1) is 6.92 Å². The molecule has 0 aliphatic heterocycles. The summed E-state index contributed by atoms with van der Waals surface area (Å²) < 4.78 is 0. The van der Waals surface area contributed by atoms with Crippen LogP contribution in [-0.2, 0) is 17.8 Å². The molecule has 2 aromatic rings. The van der Waals surface area contributed by atoms with E-state index in [4.69, 9.17) is 0 Å². The van der Waals surface area contributed by atoms with Crippen molar-refractivity contribution in [3.8, 4) is 0 Å². The Labute approximate surface area is 136 Å². The predicted molar refractivity (Wildman–Crippen MR) is 89.0 cm³/mol. The van der Waals surface area contributed by atoms with E-state index in [1.54, 1.807) is 18.3 Å². The first-order chi connectivity index (χ1) is 11.1. The second-order valence-electron chi connectivity index (χ2n) is 5.38. The number of benzene rings is 1. The van der Waals surface area contributed by atoms with Crippen LogP contribution in [0.25, 0.3) is 0 Å². The fraction of sp³-hybridized carbons (Fsp3) is 0.278. The lowest BCUT2D eigenvalue weighted by molar-refractivity contribution is -0.119. The van der Waals surface area contributed by atoms with E-state index in [1.165, 1.54) is 18.1 Å². The van der Waals surface area contributed by atoms with Crippen LogP contribution in [0.3, 0.4) is 0 Å². The van der Waals surface area contributed by atoms with E-state index >= 15 is 0 Å². The van der Waals surface area contributed by atoms with Crippen molar-refractivity contribution in [2.24, 2.45) is 0 Å². The third-order valence-electron chi connectivity index (χ3n) is 3.54. The number of aromatic nitrogens is 1. The normalized spacial score (nSPS) is 10.2. The first-order valence-electron chi connectivity index (χ1n) is 7.58. The highest BCUT2D eigenvalue weighted by Crippen LogP contribution is 2.07. The minimum Gasteiger partial charge on any atom is -0.352 e. The molecular formula is C18H21N3O2. The van der Waals surface area contributed by atoms with Gasteiger partial charge in [0.1, 0.15) is 0 Å². The van der Waals surface area contributed by atoms with Gasteiger partial charge < -0.3 is 10.6 Å². The molecule has 5 nitrogen and oxygen atoms in total. The molecule has 2 amide bonds. The molecule has 5 heteroatoms. The van der Waals surface area contributed by atoms with E-state index < -0.39 is 0 Å². The van der Waals surface area contributed by atoms with Crippen molar-refractivity contribution < 1.29 is 9.59 Å². The summed E-state index contributed by atoms with van der Waals surface area (Å²) in [5.41, 5.74) is 3.66. The number of aryl methyl sites for hydroxylation is 1. The van der Waals surface area contributed by atoms with Gasteiger partial charge in [0, 0.05) is 25.2 Å². The molecule has 1 aromatic heterocycles. The number of pyridine rings is 1. The molecule has 1 heterocycles. The number of carbonyl (C=O) groups is 2. The average Bonchev–Trinajstić information content (AvgIpc) is 2.55. The van der Waals surface area contributed by atoms with Gasteiger partial charge in [0.2, 0.25) is 5.91 Å². The van der Waals surface area contributed by atoms with Crippen LogP contribution in [-0.4, -0.2) is 23.3 Å². The number of nitrogens with zero attached hydrogens (tertiary/aromatic N) is 1. The topological polar surface area (TPSA) is 71.1 Å². The van der Waals surface area contributed by atoms with Crippen LogP contribution in [0.15, 0.2) is 42.6 Å². The van der Waals surface area contributed by atoms with Crippen molar-refractivity contribution in [1.29, 1.82) is 0 Å².